The number of benzene rings is 1. The largest absolute Gasteiger partial charge is 0.0955 e. The Labute approximate surface area is 183 Å². The minimum absolute atomic E-state index is 0.318. The number of hydrogen-bond acceptors (Lipinski definition) is 0. The number of rotatable bonds is 3. The SMILES string of the molecule is C=C(C)c1cc(C(=C)C)c(C)c(C)c1C.CC(C)(C)C(C)(C)C(C)(C)C(C)(C)C. The van der Waals surface area contributed by atoms with Crippen molar-refractivity contribution in [1.82, 2.24) is 0 Å². The van der Waals surface area contributed by atoms with Crippen LogP contribution in [0.25, 0.3) is 11.1 Å². The van der Waals surface area contributed by atoms with Crippen LogP contribution >= 0.6 is 0 Å². The molecule has 0 nitrogen and oxygen atoms in total. The van der Waals surface area contributed by atoms with Crippen molar-refractivity contribution in [1.29, 1.82) is 0 Å². The second kappa shape index (κ2) is 8.83. The van der Waals surface area contributed by atoms with Gasteiger partial charge in [0, 0.05) is 0 Å². The lowest BCUT2D eigenvalue weighted by Gasteiger charge is -2.57. The zero-order valence-electron chi connectivity index (χ0n) is 22.5. The molecule has 166 valence electrons. The lowest BCUT2D eigenvalue weighted by atomic mass is 9.48. The van der Waals surface area contributed by atoms with Gasteiger partial charge in [-0.15, -0.1) is 0 Å². The molecule has 0 fully saturated rings. The minimum Gasteiger partial charge on any atom is -0.0955 e. The summed E-state index contributed by atoms with van der Waals surface area (Å²) in [4.78, 5) is 0. The molecular weight excluding hydrogens is 348 g/mol. The van der Waals surface area contributed by atoms with E-state index in [1.54, 1.807) is 0 Å². The van der Waals surface area contributed by atoms with E-state index in [2.05, 4.69) is 123 Å². The van der Waals surface area contributed by atoms with E-state index in [9.17, 15) is 0 Å². The Morgan fingerprint density at radius 1 is 0.552 bits per heavy atom. The van der Waals surface area contributed by atoms with Crippen LogP contribution in [0.3, 0.4) is 0 Å². The topological polar surface area (TPSA) is 0 Å². The van der Waals surface area contributed by atoms with Crippen LogP contribution in [0.1, 0.15) is 111 Å². The van der Waals surface area contributed by atoms with E-state index in [4.69, 9.17) is 0 Å². The van der Waals surface area contributed by atoms with Crippen molar-refractivity contribution in [3.8, 4) is 0 Å². The van der Waals surface area contributed by atoms with Gasteiger partial charge in [-0.05, 0) is 90.2 Å². The first-order chi connectivity index (χ1) is 12.6. The molecule has 0 saturated heterocycles. The first-order valence-electron chi connectivity index (χ1n) is 11.0. The third-order valence-electron chi connectivity index (χ3n) is 8.45. The molecule has 29 heavy (non-hydrogen) atoms. The number of hydrogen-bond donors (Lipinski definition) is 0. The molecule has 1 aromatic rings. The van der Waals surface area contributed by atoms with E-state index in [-0.39, 0.29) is 0 Å². The molecule has 0 aliphatic rings. The highest BCUT2D eigenvalue weighted by Crippen LogP contribution is 2.58. The minimum atomic E-state index is 0.318. The van der Waals surface area contributed by atoms with E-state index < -0.39 is 0 Å². The molecule has 0 unspecified atom stereocenters. The average molecular weight is 399 g/mol. The second-order valence-electron chi connectivity index (χ2n) is 12.2. The molecule has 0 saturated carbocycles. The smallest absolute Gasteiger partial charge is 0.0195 e. The Morgan fingerprint density at radius 2 is 0.793 bits per heavy atom. The molecule has 0 spiro atoms. The van der Waals surface area contributed by atoms with Crippen LogP contribution in [0, 0.1) is 42.4 Å². The highest BCUT2D eigenvalue weighted by atomic mass is 14.6. The van der Waals surface area contributed by atoms with Crippen molar-refractivity contribution < 1.29 is 0 Å². The first kappa shape index (κ1) is 27.7. The average Bonchev–Trinajstić information content (AvgIpc) is 2.50. The van der Waals surface area contributed by atoms with E-state index in [1.165, 1.54) is 27.8 Å². The third kappa shape index (κ3) is 5.65. The lowest BCUT2D eigenvalue weighted by molar-refractivity contribution is -0.0790. The van der Waals surface area contributed by atoms with Gasteiger partial charge >= 0.3 is 0 Å². The Balaban J connectivity index is 0.000000543. The van der Waals surface area contributed by atoms with Gasteiger partial charge in [0.1, 0.15) is 0 Å². The van der Waals surface area contributed by atoms with E-state index in [1.807, 2.05) is 0 Å². The van der Waals surface area contributed by atoms with Crippen molar-refractivity contribution >= 4 is 11.1 Å². The quantitative estimate of drug-likeness (QED) is 0.475. The Morgan fingerprint density at radius 3 is 0.966 bits per heavy atom. The molecule has 0 radical (unpaired) electrons. The van der Waals surface area contributed by atoms with Gasteiger partial charge in [-0.3, -0.25) is 0 Å². The fourth-order valence-electron chi connectivity index (χ4n) is 3.81. The maximum atomic E-state index is 4.03. The molecule has 0 aliphatic heterocycles. The standard InChI is InChI=1S/C15H20.C14H30/c1-9(2)14-8-15(10(3)4)13(7)11(5)12(14)6;1-11(2,3)13(7,8)14(9,10)12(4,5)6/h8H,1,3H2,2,4-7H3;1-10H3. The molecule has 1 rings (SSSR count). The van der Waals surface area contributed by atoms with E-state index in [0.717, 1.165) is 11.1 Å². The van der Waals surface area contributed by atoms with Gasteiger partial charge in [0.05, 0.1) is 0 Å². The van der Waals surface area contributed by atoms with Crippen molar-refractivity contribution in [3.63, 3.8) is 0 Å². The summed E-state index contributed by atoms with van der Waals surface area (Å²) in [5.74, 6) is 0. The van der Waals surface area contributed by atoms with Crippen molar-refractivity contribution in [2.75, 3.05) is 0 Å². The summed E-state index contributed by atoms with van der Waals surface area (Å²) < 4.78 is 0. The summed E-state index contributed by atoms with van der Waals surface area (Å²) in [7, 11) is 0. The summed E-state index contributed by atoms with van der Waals surface area (Å²) >= 11 is 0. The summed E-state index contributed by atoms with van der Waals surface area (Å²) in [5, 5.41) is 0. The van der Waals surface area contributed by atoms with Gasteiger partial charge in [-0.1, -0.05) is 93.5 Å². The van der Waals surface area contributed by atoms with Crippen molar-refractivity contribution in [2.24, 2.45) is 21.7 Å². The van der Waals surface area contributed by atoms with Crippen LogP contribution in [0.15, 0.2) is 19.2 Å². The van der Waals surface area contributed by atoms with E-state index in [0.29, 0.717) is 21.7 Å². The molecule has 0 N–H and O–H groups in total. The summed E-state index contributed by atoms with van der Waals surface area (Å²) in [6.07, 6.45) is 0. The van der Waals surface area contributed by atoms with Crippen LogP contribution in [0.4, 0.5) is 0 Å². The predicted molar refractivity (Wildman–Crippen MR) is 137 cm³/mol. The fraction of sp³-hybridized carbons (Fsp3) is 0.655. The maximum Gasteiger partial charge on any atom is -0.0195 e. The normalized spacial score (nSPS) is 12.9. The van der Waals surface area contributed by atoms with Crippen molar-refractivity contribution in [2.45, 2.75) is 104 Å². The van der Waals surface area contributed by atoms with Gasteiger partial charge in [0.2, 0.25) is 0 Å². The number of allylic oxidation sites excluding steroid dienone is 2. The zero-order chi connectivity index (χ0) is 23.7. The maximum absolute atomic E-state index is 4.03. The van der Waals surface area contributed by atoms with Gasteiger partial charge in [0.15, 0.2) is 0 Å². The monoisotopic (exact) mass is 398 g/mol. The Kier molecular flexibility index (Phi) is 8.43. The predicted octanol–water partition coefficient (Wildman–Crippen LogP) is 9.81. The van der Waals surface area contributed by atoms with Crippen LogP contribution in [-0.2, 0) is 0 Å². The molecule has 0 heterocycles. The van der Waals surface area contributed by atoms with E-state index >= 15 is 0 Å². The van der Waals surface area contributed by atoms with Crippen molar-refractivity contribution in [3.05, 3.63) is 47.0 Å². The lowest BCUT2D eigenvalue weighted by Crippen LogP contribution is -2.49. The summed E-state index contributed by atoms with van der Waals surface area (Å²) in [6.45, 7) is 42.3. The molecule has 0 aliphatic carbocycles. The second-order valence-corrected chi connectivity index (χ2v) is 12.2. The molecule has 1 aromatic carbocycles. The zero-order valence-corrected chi connectivity index (χ0v) is 22.5. The fourth-order valence-corrected chi connectivity index (χ4v) is 3.81. The Bertz CT molecular complexity index is 690. The molecule has 0 amide bonds. The van der Waals surface area contributed by atoms with Crippen LogP contribution < -0.4 is 0 Å². The molecule has 0 heteroatoms. The van der Waals surface area contributed by atoms with Crippen LogP contribution in [0.5, 0.6) is 0 Å². The van der Waals surface area contributed by atoms with Gasteiger partial charge in [-0.25, -0.2) is 0 Å². The van der Waals surface area contributed by atoms with Crippen LogP contribution in [0.2, 0.25) is 0 Å². The summed E-state index contributed by atoms with van der Waals surface area (Å²) in [6, 6.07) is 2.21. The molecule has 0 atom stereocenters. The first-order valence-corrected chi connectivity index (χ1v) is 11.0. The highest BCUT2D eigenvalue weighted by molar-refractivity contribution is 5.74. The third-order valence-corrected chi connectivity index (χ3v) is 8.45. The Hall–Kier alpha value is -1.30. The molecular formula is C29H50. The summed E-state index contributed by atoms with van der Waals surface area (Å²) in [5.41, 5.74) is 10.1. The molecule has 0 bridgehead atoms. The van der Waals surface area contributed by atoms with Gasteiger partial charge < -0.3 is 0 Å². The molecule has 0 aromatic heterocycles. The van der Waals surface area contributed by atoms with Crippen LogP contribution in [-0.4, -0.2) is 0 Å². The highest BCUT2D eigenvalue weighted by Gasteiger charge is 2.50. The van der Waals surface area contributed by atoms with Gasteiger partial charge in [-0.2, -0.15) is 0 Å². The van der Waals surface area contributed by atoms with Gasteiger partial charge in [0.25, 0.3) is 0 Å².